The van der Waals surface area contributed by atoms with Gasteiger partial charge < -0.3 is 20.3 Å². The molecule has 2 fully saturated rings. The molecule has 2 aliphatic rings. The largest absolute Gasteiger partial charge is 0.375 e. The molecule has 0 aromatic carbocycles. The average Bonchev–Trinajstić information content (AvgIpc) is 2.57. The molecule has 5 heteroatoms. The van der Waals surface area contributed by atoms with E-state index in [-0.39, 0.29) is 0 Å². The molecule has 2 N–H and O–H groups in total. The number of likely N-dealkylation sites (tertiary alicyclic amines) is 1. The Kier molecular flexibility index (Phi) is 6.19. The second-order valence-electron chi connectivity index (χ2n) is 6.45. The second kappa shape index (κ2) is 8.58. The van der Waals surface area contributed by atoms with Gasteiger partial charge in [0, 0.05) is 44.1 Å². The number of hydrogen-bond donors (Lipinski definition) is 2. The standard InChI is InChI=1S/C17H28N4O/c1-2-8-21(9-3-1)12-16-10-19-11-17(20-16)14-22-13-15-4-6-18-7-5-15/h4-7,16-17,19-20H,1-3,8-14H2. The van der Waals surface area contributed by atoms with Crippen molar-refractivity contribution in [2.45, 2.75) is 38.0 Å². The van der Waals surface area contributed by atoms with Gasteiger partial charge in [0.15, 0.2) is 0 Å². The first-order chi connectivity index (χ1) is 10.9. The number of nitrogens with one attached hydrogen (secondary N) is 2. The van der Waals surface area contributed by atoms with Gasteiger partial charge >= 0.3 is 0 Å². The van der Waals surface area contributed by atoms with E-state index in [1.165, 1.54) is 37.9 Å². The van der Waals surface area contributed by atoms with Gasteiger partial charge in [0.2, 0.25) is 0 Å². The Morgan fingerprint density at radius 2 is 1.86 bits per heavy atom. The molecule has 0 radical (unpaired) electrons. The summed E-state index contributed by atoms with van der Waals surface area (Å²) >= 11 is 0. The van der Waals surface area contributed by atoms with E-state index in [1.54, 1.807) is 0 Å². The van der Waals surface area contributed by atoms with Gasteiger partial charge in [0.05, 0.1) is 13.2 Å². The summed E-state index contributed by atoms with van der Waals surface area (Å²) in [4.78, 5) is 6.63. The van der Waals surface area contributed by atoms with E-state index in [4.69, 9.17) is 4.74 Å². The number of ether oxygens (including phenoxy) is 1. The molecule has 0 spiro atoms. The van der Waals surface area contributed by atoms with Crippen LogP contribution in [-0.4, -0.2) is 61.3 Å². The zero-order chi connectivity index (χ0) is 15.0. The van der Waals surface area contributed by atoms with E-state index in [1.807, 2.05) is 24.5 Å². The minimum absolute atomic E-state index is 0.408. The van der Waals surface area contributed by atoms with E-state index in [9.17, 15) is 0 Å². The Hall–Kier alpha value is -1.01. The van der Waals surface area contributed by atoms with Gasteiger partial charge in [-0.2, -0.15) is 0 Å². The van der Waals surface area contributed by atoms with Crippen molar-refractivity contribution in [2.75, 3.05) is 39.3 Å². The van der Waals surface area contributed by atoms with E-state index in [0.717, 1.165) is 26.2 Å². The number of nitrogens with zero attached hydrogens (tertiary/aromatic N) is 2. The molecule has 0 bridgehead atoms. The van der Waals surface area contributed by atoms with E-state index in [2.05, 4.69) is 20.5 Å². The van der Waals surface area contributed by atoms with Crippen LogP contribution in [0.2, 0.25) is 0 Å². The summed E-state index contributed by atoms with van der Waals surface area (Å²) in [6.45, 7) is 7.17. The predicted molar refractivity (Wildman–Crippen MR) is 87.8 cm³/mol. The van der Waals surface area contributed by atoms with Gasteiger partial charge in [-0.15, -0.1) is 0 Å². The fourth-order valence-corrected chi connectivity index (χ4v) is 3.36. The molecule has 5 nitrogen and oxygen atoms in total. The second-order valence-corrected chi connectivity index (χ2v) is 6.45. The first kappa shape index (κ1) is 15.9. The maximum atomic E-state index is 5.85. The Morgan fingerprint density at radius 3 is 2.68 bits per heavy atom. The highest BCUT2D eigenvalue weighted by molar-refractivity contribution is 5.07. The molecule has 2 atom stereocenters. The van der Waals surface area contributed by atoms with Crippen LogP contribution in [-0.2, 0) is 11.3 Å². The van der Waals surface area contributed by atoms with Crippen molar-refractivity contribution in [3.63, 3.8) is 0 Å². The van der Waals surface area contributed by atoms with Crippen LogP contribution in [0.25, 0.3) is 0 Å². The predicted octanol–water partition coefficient (Wildman–Crippen LogP) is 1.01. The summed E-state index contributed by atoms with van der Waals surface area (Å²) in [5, 5.41) is 7.29. The lowest BCUT2D eigenvalue weighted by molar-refractivity contribution is 0.0832. The van der Waals surface area contributed by atoms with E-state index < -0.39 is 0 Å². The van der Waals surface area contributed by atoms with Crippen LogP contribution in [0.4, 0.5) is 0 Å². The first-order valence-corrected chi connectivity index (χ1v) is 8.56. The van der Waals surface area contributed by atoms with Crippen molar-refractivity contribution >= 4 is 0 Å². The Balaban J connectivity index is 1.37. The van der Waals surface area contributed by atoms with Gasteiger partial charge in [-0.3, -0.25) is 4.98 Å². The quantitative estimate of drug-likeness (QED) is 0.821. The number of piperazine rings is 1. The number of hydrogen-bond acceptors (Lipinski definition) is 5. The molecular weight excluding hydrogens is 276 g/mol. The molecule has 3 rings (SSSR count). The number of aromatic nitrogens is 1. The SMILES string of the molecule is c1cc(COCC2CNCC(CN3CCCCC3)N2)ccn1. The summed E-state index contributed by atoms with van der Waals surface area (Å²) in [5.74, 6) is 0. The molecule has 2 aliphatic heterocycles. The van der Waals surface area contributed by atoms with Crippen molar-refractivity contribution in [1.82, 2.24) is 20.5 Å². The minimum atomic E-state index is 0.408. The molecule has 0 saturated carbocycles. The van der Waals surface area contributed by atoms with Gasteiger partial charge in [0.25, 0.3) is 0 Å². The third-order valence-corrected chi connectivity index (χ3v) is 4.52. The van der Waals surface area contributed by atoms with E-state index in [0.29, 0.717) is 18.7 Å². The number of piperidine rings is 1. The van der Waals surface area contributed by atoms with Crippen LogP contribution in [0, 0.1) is 0 Å². The fourth-order valence-electron chi connectivity index (χ4n) is 3.36. The lowest BCUT2D eigenvalue weighted by Gasteiger charge is -2.36. The summed E-state index contributed by atoms with van der Waals surface area (Å²) in [6.07, 6.45) is 7.75. The number of pyridine rings is 1. The Bertz CT molecular complexity index is 422. The van der Waals surface area contributed by atoms with Gasteiger partial charge in [-0.05, 0) is 43.6 Å². The van der Waals surface area contributed by atoms with Crippen LogP contribution in [0.5, 0.6) is 0 Å². The highest BCUT2D eigenvalue weighted by Gasteiger charge is 2.23. The van der Waals surface area contributed by atoms with Crippen LogP contribution in [0.1, 0.15) is 24.8 Å². The van der Waals surface area contributed by atoms with Gasteiger partial charge in [-0.1, -0.05) is 6.42 Å². The summed E-state index contributed by atoms with van der Waals surface area (Å²) in [5.41, 5.74) is 1.18. The minimum Gasteiger partial charge on any atom is -0.375 e. The Labute approximate surface area is 133 Å². The monoisotopic (exact) mass is 304 g/mol. The molecule has 3 heterocycles. The maximum absolute atomic E-state index is 5.85. The van der Waals surface area contributed by atoms with Crippen molar-refractivity contribution in [3.05, 3.63) is 30.1 Å². The summed E-state index contributed by atoms with van der Waals surface area (Å²) in [6, 6.07) is 4.96. The zero-order valence-electron chi connectivity index (χ0n) is 13.3. The third-order valence-electron chi connectivity index (χ3n) is 4.52. The van der Waals surface area contributed by atoms with Crippen LogP contribution < -0.4 is 10.6 Å². The fraction of sp³-hybridized carbons (Fsp3) is 0.706. The molecule has 0 aliphatic carbocycles. The lowest BCUT2D eigenvalue weighted by atomic mass is 10.1. The first-order valence-electron chi connectivity index (χ1n) is 8.56. The van der Waals surface area contributed by atoms with E-state index >= 15 is 0 Å². The molecular formula is C17H28N4O. The molecule has 1 aromatic heterocycles. The molecule has 2 unspecified atom stereocenters. The zero-order valence-corrected chi connectivity index (χ0v) is 13.3. The molecule has 1 aromatic rings. The molecule has 122 valence electrons. The van der Waals surface area contributed by atoms with Crippen molar-refractivity contribution in [1.29, 1.82) is 0 Å². The molecule has 22 heavy (non-hydrogen) atoms. The number of rotatable bonds is 6. The van der Waals surface area contributed by atoms with Crippen molar-refractivity contribution in [2.24, 2.45) is 0 Å². The normalized spacial score (nSPS) is 26.9. The molecule has 2 saturated heterocycles. The molecule has 0 amide bonds. The topological polar surface area (TPSA) is 49.4 Å². The Morgan fingerprint density at radius 1 is 1.09 bits per heavy atom. The summed E-state index contributed by atoms with van der Waals surface area (Å²) < 4.78 is 5.85. The van der Waals surface area contributed by atoms with Gasteiger partial charge in [-0.25, -0.2) is 0 Å². The third kappa shape index (κ3) is 5.02. The lowest BCUT2D eigenvalue weighted by Crippen LogP contribution is -2.60. The van der Waals surface area contributed by atoms with Crippen LogP contribution in [0.15, 0.2) is 24.5 Å². The summed E-state index contributed by atoms with van der Waals surface area (Å²) in [7, 11) is 0. The van der Waals surface area contributed by atoms with Crippen molar-refractivity contribution in [3.8, 4) is 0 Å². The highest BCUT2D eigenvalue weighted by Crippen LogP contribution is 2.10. The van der Waals surface area contributed by atoms with Crippen LogP contribution in [0.3, 0.4) is 0 Å². The van der Waals surface area contributed by atoms with Crippen molar-refractivity contribution < 1.29 is 4.74 Å². The van der Waals surface area contributed by atoms with Gasteiger partial charge in [0.1, 0.15) is 0 Å². The maximum Gasteiger partial charge on any atom is 0.0718 e. The van der Waals surface area contributed by atoms with Crippen LogP contribution >= 0.6 is 0 Å². The highest BCUT2D eigenvalue weighted by atomic mass is 16.5. The smallest absolute Gasteiger partial charge is 0.0718 e. The average molecular weight is 304 g/mol.